The molecule has 1 N–H and O–H groups in total. The highest BCUT2D eigenvalue weighted by Crippen LogP contribution is 2.31. The van der Waals surface area contributed by atoms with Crippen LogP contribution >= 0.6 is 11.3 Å². The maximum absolute atomic E-state index is 12.5. The molecule has 1 amide bonds. The molecule has 0 aliphatic carbocycles. The van der Waals surface area contributed by atoms with Gasteiger partial charge in [0.1, 0.15) is 0 Å². The average molecular weight is 252 g/mol. The number of amides is 1. The Hall–Kier alpha value is -0.870. The molecule has 94 valence electrons. The predicted octanol–water partition coefficient (Wildman–Crippen LogP) is 2.10. The minimum atomic E-state index is -0.162. The Morgan fingerprint density at radius 1 is 1.65 bits per heavy atom. The lowest BCUT2D eigenvalue weighted by Gasteiger charge is -2.30. The summed E-state index contributed by atoms with van der Waals surface area (Å²) in [6.45, 7) is 4.63. The van der Waals surface area contributed by atoms with Crippen LogP contribution in [0.3, 0.4) is 0 Å². The van der Waals surface area contributed by atoms with Crippen molar-refractivity contribution in [1.82, 2.24) is 10.2 Å². The SMILES string of the molecule is CCC1(C(=O)N(C)Cc2ccsc2)CCNC1. The number of carbonyl (C=O) groups excluding carboxylic acids is 1. The fourth-order valence-corrected chi connectivity index (χ4v) is 3.17. The van der Waals surface area contributed by atoms with Gasteiger partial charge in [0.15, 0.2) is 0 Å². The van der Waals surface area contributed by atoms with E-state index < -0.39 is 0 Å². The Labute approximate surface area is 107 Å². The topological polar surface area (TPSA) is 32.3 Å². The number of carbonyl (C=O) groups is 1. The molecular formula is C13H20N2OS. The van der Waals surface area contributed by atoms with Crippen LogP contribution in [0, 0.1) is 5.41 Å². The standard InChI is InChI=1S/C13H20N2OS/c1-3-13(5-6-14-10-13)12(16)15(2)8-11-4-7-17-9-11/h4,7,9,14H,3,5-6,8,10H2,1-2H3. The summed E-state index contributed by atoms with van der Waals surface area (Å²) in [6, 6.07) is 2.08. The summed E-state index contributed by atoms with van der Waals surface area (Å²) in [5.74, 6) is 0.288. The molecule has 0 radical (unpaired) electrons. The summed E-state index contributed by atoms with van der Waals surface area (Å²) in [6.07, 6.45) is 1.89. The molecule has 0 aromatic carbocycles. The van der Waals surface area contributed by atoms with Gasteiger partial charge in [-0.05, 0) is 41.8 Å². The van der Waals surface area contributed by atoms with Crippen molar-refractivity contribution in [1.29, 1.82) is 0 Å². The number of hydrogen-bond donors (Lipinski definition) is 1. The summed E-state index contributed by atoms with van der Waals surface area (Å²) < 4.78 is 0. The second-order valence-electron chi connectivity index (χ2n) is 4.85. The van der Waals surface area contributed by atoms with E-state index in [4.69, 9.17) is 0 Å². The van der Waals surface area contributed by atoms with Crippen LogP contribution in [-0.2, 0) is 11.3 Å². The van der Waals surface area contributed by atoms with Crippen LogP contribution in [-0.4, -0.2) is 30.9 Å². The Bertz CT molecular complexity index is 369. The van der Waals surface area contributed by atoms with E-state index in [1.165, 1.54) is 5.56 Å². The van der Waals surface area contributed by atoms with E-state index in [1.807, 2.05) is 11.9 Å². The van der Waals surface area contributed by atoms with Crippen molar-refractivity contribution in [3.05, 3.63) is 22.4 Å². The lowest BCUT2D eigenvalue weighted by atomic mass is 9.83. The van der Waals surface area contributed by atoms with Crippen LogP contribution in [0.25, 0.3) is 0 Å². The molecule has 1 aliphatic rings. The summed E-state index contributed by atoms with van der Waals surface area (Å²) in [5.41, 5.74) is 1.06. The van der Waals surface area contributed by atoms with Crippen molar-refractivity contribution in [2.24, 2.45) is 5.41 Å². The molecule has 1 atom stereocenters. The van der Waals surface area contributed by atoms with Gasteiger partial charge in [-0.15, -0.1) is 0 Å². The zero-order chi connectivity index (χ0) is 12.3. The molecule has 3 nitrogen and oxygen atoms in total. The van der Waals surface area contributed by atoms with Gasteiger partial charge in [-0.1, -0.05) is 6.92 Å². The van der Waals surface area contributed by atoms with Gasteiger partial charge in [0.2, 0.25) is 5.91 Å². The van der Waals surface area contributed by atoms with Crippen molar-refractivity contribution >= 4 is 17.2 Å². The van der Waals surface area contributed by atoms with Gasteiger partial charge in [-0.3, -0.25) is 4.79 Å². The molecule has 2 rings (SSSR count). The van der Waals surface area contributed by atoms with Crippen LogP contribution in [0.1, 0.15) is 25.3 Å². The van der Waals surface area contributed by atoms with E-state index in [0.29, 0.717) is 0 Å². The number of hydrogen-bond acceptors (Lipinski definition) is 3. The van der Waals surface area contributed by atoms with E-state index in [-0.39, 0.29) is 11.3 Å². The highest BCUT2D eigenvalue weighted by atomic mass is 32.1. The zero-order valence-electron chi connectivity index (χ0n) is 10.5. The fourth-order valence-electron chi connectivity index (χ4n) is 2.51. The van der Waals surface area contributed by atoms with E-state index in [0.717, 1.165) is 32.5 Å². The molecule has 4 heteroatoms. The molecule has 0 saturated carbocycles. The monoisotopic (exact) mass is 252 g/mol. The highest BCUT2D eigenvalue weighted by Gasteiger charge is 2.41. The van der Waals surface area contributed by atoms with Gasteiger partial charge >= 0.3 is 0 Å². The second kappa shape index (κ2) is 5.19. The molecule has 0 spiro atoms. The molecule has 1 aliphatic heterocycles. The third kappa shape index (κ3) is 2.53. The summed E-state index contributed by atoms with van der Waals surface area (Å²) in [4.78, 5) is 14.4. The number of nitrogens with one attached hydrogen (secondary N) is 1. The van der Waals surface area contributed by atoms with Gasteiger partial charge in [0, 0.05) is 20.1 Å². The zero-order valence-corrected chi connectivity index (χ0v) is 11.3. The first-order chi connectivity index (χ1) is 8.18. The summed E-state index contributed by atoms with van der Waals surface area (Å²) in [7, 11) is 1.91. The van der Waals surface area contributed by atoms with E-state index in [2.05, 4.69) is 29.1 Å². The Kier molecular flexibility index (Phi) is 3.84. The molecule has 2 heterocycles. The van der Waals surface area contributed by atoms with Crippen molar-refractivity contribution in [2.75, 3.05) is 20.1 Å². The first kappa shape index (κ1) is 12.6. The summed E-state index contributed by atoms with van der Waals surface area (Å²) >= 11 is 1.68. The van der Waals surface area contributed by atoms with E-state index in [9.17, 15) is 4.79 Å². The summed E-state index contributed by atoms with van der Waals surface area (Å²) in [5, 5.41) is 7.48. The smallest absolute Gasteiger partial charge is 0.230 e. The van der Waals surface area contributed by atoms with Crippen LogP contribution < -0.4 is 5.32 Å². The third-order valence-electron chi connectivity index (χ3n) is 3.72. The molecule has 17 heavy (non-hydrogen) atoms. The molecular weight excluding hydrogens is 232 g/mol. The number of thiophene rings is 1. The van der Waals surface area contributed by atoms with Gasteiger partial charge in [0.25, 0.3) is 0 Å². The lowest BCUT2D eigenvalue weighted by Crippen LogP contribution is -2.42. The third-order valence-corrected chi connectivity index (χ3v) is 4.45. The minimum absolute atomic E-state index is 0.162. The van der Waals surface area contributed by atoms with Crippen LogP contribution in [0.4, 0.5) is 0 Å². The number of rotatable bonds is 4. The van der Waals surface area contributed by atoms with Gasteiger partial charge < -0.3 is 10.2 Å². The lowest BCUT2D eigenvalue weighted by molar-refractivity contribution is -0.140. The quantitative estimate of drug-likeness (QED) is 0.890. The van der Waals surface area contributed by atoms with Gasteiger partial charge in [0.05, 0.1) is 5.41 Å². The first-order valence-electron chi connectivity index (χ1n) is 6.15. The minimum Gasteiger partial charge on any atom is -0.341 e. The van der Waals surface area contributed by atoms with Crippen LogP contribution in [0.5, 0.6) is 0 Å². The van der Waals surface area contributed by atoms with Gasteiger partial charge in [-0.2, -0.15) is 11.3 Å². The fraction of sp³-hybridized carbons (Fsp3) is 0.615. The van der Waals surface area contributed by atoms with Crippen molar-refractivity contribution in [3.8, 4) is 0 Å². The number of nitrogens with zero attached hydrogens (tertiary/aromatic N) is 1. The van der Waals surface area contributed by atoms with E-state index in [1.54, 1.807) is 11.3 Å². The first-order valence-corrected chi connectivity index (χ1v) is 7.09. The Morgan fingerprint density at radius 2 is 2.47 bits per heavy atom. The van der Waals surface area contributed by atoms with Gasteiger partial charge in [-0.25, -0.2) is 0 Å². The highest BCUT2D eigenvalue weighted by molar-refractivity contribution is 7.07. The maximum Gasteiger partial charge on any atom is 0.230 e. The van der Waals surface area contributed by atoms with E-state index >= 15 is 0 Å². The second-order valence-corrected chi connectivity index (χ2v) is 5.63. The van der Waals surface area contributed by atoms with Crippen LogP contribution in [0.15, 0.2) is 16.8 Å². The maximum atomic E-state index is 12.5. The molecule has 1 aromatic rings. The Balaban J connectivity index is 2.03. The Morgan fingerprint density at radius 3 is 3.00 bits per heavy atom. The molecule has 0 bridgehead atoms. The van der Waals surface area contributed by atoms with Crippen molar-refractivity contribution < 1.29 is 4.79 Å². The molecule has 1 unspecified atom stereocenters. The normalized spacial score (nSPS) is 23.9. The van der Waals surface area contributed by atoms with Crippen LogP contribution in [0.2, 0.25) is 0 Å². The average Bonchev–Trinajstić information content (AvgIpc) is 2.99. The molecule has 1 saturated heterocycles. The molecule has 1 fully saturated rings. The van der Waals surface area contributed by atoms with Crippen molar-refractivity contribution in [2.45, 2.75) is 26.3 Å². The largest absolute Gasteiger partial charge is 0.341 e. The molecule has 1 aromatic heterocycles. The predicted molar refractivity (Wildman–Crippen MR) is 71.0 cm³/mol. The van der Waals surface area contributed by atoms with Crippen molar-refractivity contribution in [3.63, 3.8) is 0 Å².